The Hall–Kier alpha value is -0.0800. The largest absolute Gasteiger partial charge is 0.395 e. The van der Waals surface area contributed by atoms with E-state index in [1.807, 2.05) is 0 Å². The maximum Gasteiger partial charge on any atom is 0.0582 e. The van der Waals surface area contributed by atoms with Crippen LogP contribution in [0.15, 0.2) is 0 Å². The number of rotatable bonds is 19. The lowest BCUT2D eigenvalue weighted by atomic mass is 10.0. The summed E-state index contributed by atoms with van der Waals surface area (Å²) in [7, 11) is 0. The van der Waals surface area contributed by atoms with Gasteiger partial charge in [0, 0.05) is 6.04 Å². The number of aliphatic hydroxyl groups excluding tert-OH is 1. The Morgan fingerprint density at radius 3 is 1.17 bits per heavy atom. The van der Waals surface area contributed by atoms with Crippen LogP contribution in [0, 0.1) is 0 Å². The second-order valence-corrected chi connectivity index (χ2v) is 7.39. The van der Waals surface area contributed by atoms with Gasteiger partial charge in [-0.05, 0) is 6.42 Å². The quantitative estimate of drug-likeness (QED) is 0.272. The van der Waals surface area contributed by atoms with Crippen LogP contribution in [0.3, 0.4) is 0 Å². The van der Waals surface area contributed by atoms with Crippen molar-refractivity contribution >= 4 is 0 Å². The molecule has 0 spiro atoms. The van der Waals surface area contributed by atoms with E-state index in [4.69, 9.17) is 10.8 Å². The first-order valence-corrected chi connectivity index (χ1v) is 10.7. The molecule has 0 aromatic heterocycles. The minimum atomic E-state index is 0.00587. The van der Waals surface area contributed by atoms with Crippen molar-refractivity contribution in [2.45, 2.75) is 129 Å². The van der Waals surface area contributed by atoms with Crippen molar-refractivity contribution in [2.24, 2.45) is 5.73 Å². The second-order valence-electron chi connectivity index (χ2n) is 7.39. The Kier molecular flexibility index (Phi) is 19.9. The molecule has 3 N–H and O–H groups in total. The summed E-state index contributed by atoms with van der Waals surface area (Å²) in [5.74, 6) is 0. The maximum absolute atomic E-state index is 8.84. The van der Waals surface area contributed by atoms with Crippen LogP contribution in [0.4, 0.5) is 0 Å². The average Bonchev–Trinajstić information content (AvgIpc) is 2.57. The number of nitrogens with two attached hydrogens (primary N) is 1. The van der Waals surface area contributed by atoms with Gasteiger partial charge in [0.2, 0.25) is 0 Å². The first-order chi connectivity index (χ1) is 11.3. The van der Waals surface area contributed by atoms with Crippen molar-refractivity contribution < 1.29 is 5.11 Å². The molecule has 0 amide bonds. The van der Waals surface area contributed by atoms with E-state index in [9.17, 15) is 0 Å². The number of hydrogen-bond acceptors (Lipinski definition) is 2. The zero-order valence-electron chi connectivity index (χ0n) is 16.0. The lowest BCUT2D eigenvalue weighted by molar-refractivity contribution is 0.257. The van der Waals surface area contributed by atoms with E-state index in [1.165, 1.54) is 109 Å². The van der Waals surface area contributed by atoms with E-state index in [-0.39, 0.29) is 12.6 Å². The Morgan fingerprint density at radius 1 is 0.565 bits per heavy atom. The van der Waals surface area contributed by atoms with Crippen molar-refractivity contribution in [3.05, 3.63) is 0 Å². The molecule has 0 aliphatic rings. The zero-order chi connectivity index (χ0) is 17.0. The summed E-state index contributed by atoms with van der Waals surface area (Å²) in [5.41, 5.74) is 5.69. The smallest absolute Gasteiger partial charge is 0.0582 e. The molecule has 0 aliphatic heterocycles. The highest BCUT2D eigenvalue weighted by atomic mass is 16.3. The van der Waals surface area contributed by atoms with Crippen LogP contribution >= 0.6 is 0 Å². The van der Waals surface area contributed by atoms with Gasteiger partial charge in [-0.3, -0.25) is 0 Å². The highest BCUT2D eigenvalue weighted by Crippen LogP contribution is 2.14. The Balaban J connectivity index is 2.97. The molecule has 0 heterocycles. The monoisotopic (exact) mass is 327 g/mol. The fourth-order valence-corrected chi connectivity index (χ4v) is 3.22. The van der Waals surface area contributed by atoms with E-state index in [2.05, 4.69) is 6.92 Å². The summed E-state index contributed by atoms with van der Waals surface area (Å²) in [6.07, 6.45) is 24.9. The van der Waals surface area contributed by atoms with E-state index in [1.54, 1.807) is 0 Å². The maximum atomic E-state index is 8.84. The first-order valence-electron chi connectivity index (χ1n) is 10.7. The molecule has 0 saturated heterocycles. The molecule has 0 fully saturated rings. The van der Waals surface area contributed by atoms with Crippen LogP contribution in [-0.2, 0) is 0 Å². The number of aliphatic hydroxyl groups is 1. The minimum absolute atomic E-state index is 0.00587. The average molecular weight is 328 g/mol. The molecular formula is C21H45NO. The van der Waals surface area contributed by atoms with Gasteiger partial charge in [0.05, 0.1) is 6.61 Å². The van der Waals surface area contributed by atoms with Crippen LogP contribution in [0.25, 0.3) is 0 Å². The molecule has 0 rings (SSSR count). The van der Waals surface area contributed by atoms with Crippen molar-refractivity contribution in [3.8, 4) is 0 Å². The SMILES string of the molecule is CCCCCCCCCCCCCCCCCCCC(N)CO. The predicted molar refractivity (Wildman–Crippen MR) is 104 cm³/mol. The molecule has 1 atom stereocenters. The standard InChI is InChI=1S/C21H45NO/c1-2-3-4-5-6-7-8-9-10-11-12-13-14-15-16-17-18-19-21(22)20-23/h21,23H,2-20,22H2,1H3. The summed E-state index contributed by atoms with van der Waals surface area (Å²) in [4.78, 5) is 0. The molecule has 140 valence electrons. The normalized spacial score (nSPS) is 12.7. The van der Waals surface area contributed by atoms with Crippen LogP contribution in [0.2, 0.25) is 0 Å². The first kappa shape index (κ1) is 22.9. The topological polar surface area (TPSA) is 46.2 Å². The Morgan fingerprint density at radius 2 is 0.870 bits per heavy atom. The lowest BCUT2D eigenvalue weighted by Gasteiger charge is -2.07. The van der Waals surface area contributed by atoms with E-state index in [0.29, 0.717) is 0 Å². The molecule has 0 aromatic rings. The summed E-state index contributed by atoms with van der Waals surface area (Å²) in [6.45, 7) is 2.42. The molecule has 0 bridgehead atoms. The van der Waals surface area contributed by atoms with Gasteiger partial charge in [-0.1, -0.05) is 116 Å². The summed E-state index contributed by atoms with van der Waals surface area (Å²) in [6, 6.07) is 0.00587. The number of hydrogen-bond donors (Lipinski definition) is 2. The second kappa shape index (κ2) is 20.0. The van der Waals surface area contributed by atoms with Gasteiger partial charge in [0.25, 0.3) is 0 Å². The third kappa shape index (κ3) is 19.9. The van der Waals surface area contributed by atoms with E-state index >= 15 is 0 Å². The van der Waals surface area contributed by atoms with Gasteiger partial charge >= 0.3 is 0 Å². The van der Waals surface area contributed by atoms with Crippen LogP contribution in [0.1, 0.15) is 122 Å². The summed E-state index contributed by atoms with van der Waals surface area (Å²) < 4.78 is 0. The zero-order valence-corrected chi connectivity index (χ0v) is 16.0. The van der Waals surface area contributed by atoms with Gasteiger partial charge in [-0.2, -0.15) is 0 Å². The number of unbranched alkanes of at least 4 members (excludes halogenated alkanes) is 16. The molecule has 0 aliphatic carbocycles. The molecule has 0 radical (unpaired) electrons. The minimum Gasteiger partial charge on any atom is -0.395 e. The molecule has 1 unspecified atom stereocenters. The van der Waals surface area contributed by atoms with Crippen LogP contribution in [-0.4, -0.2) is 17.8 Å². The van der Waals surface area contributed by atoms with Crippen LogP contribution in [0.5, 0.6) is 0 Å². The van der Waals surface area contributed by atoms with Gasteiger partial charge in [0.1, 0.15) is 0 Å². The molecule has 2 nitrogen and oxygen atoms in total. The van der Waals surface area contributed by atoms with Gasteiger partial charge in [0.15, 0.2) is 0 Å². The Bertz CT molecular complexity index is 208. The molecule has 23 heavy (non-hydrogen) atoms. The lowest BCUT2D eigenvalue weighted by Crippen LogP contribution is -2.23. The van der Waals surface area contributed by atoms with Gasteiger partial charge in [-0.25, -0.2) is 0 Å². The molecular weight excluding hydrogens is 282 g/mol. The third-order valence-corrected chi connectivity index (χ3v) is 4.91. The van der Waals surface area contributed by atoms with Crippen molar-refractivity contribution in [1.29, 1.82) is 0 Å². The highest BCUT2D eigenvalue weighted by Gasteiger charge is 1.99. The Labute approximate surface area is 146 Å². The fraction of sp³-hybridized carbons (Fsp3) is 1.00. The van der Waals surface area contributed by atoms with Crippen molar-refractivity contribution in [2.75, 3.05) is 6.61 Å². The fourth-order valence-electron chi connectivity index (χ4n) is 3.22. The molecule has 2 heteroatoms. The van der Waals surface area contributed by atoms with Crippen molar-refractivity contribution in [1.82, 2.24) is 0 Å². The predicted octanol–water partition coefficient (Wildman–Crippen LogP) is 6.35. The third-order valence-electron chi connectivity index (χ3n) is 4.91. The van der Waals surface area contributed by atoms with Crippen LogP contribution < -0.4 is 5.73 Å². The van der Waals surface area contributed by atoms with Crippen molar-refractivity contribution in [3.63, 3.8) is 0 Å². The highest BCUT2D eigenvalue weighted by molar-refractivity contribution is 4.58. The summed E-state index contributed by atoms with van der Waals surface area (Å²) >= 11 is 0. The molecule has 0 aromatic carbocycles. The van der Waals surface area contributed by atoms with Gasteiger partial charge in [-0.15, -0.1) is 0 Å². The molecule has 0 saturated carbocycles. The van der Waals surface area contributed by atoms with Gasteiger partial charge < -0.3 is 10.8 Å². The summed E-state index contributed by atoms with van der Waals surface area (Å²) in [5, 5.41) is 8.84. The van der Waals surface area contributed by atoms with E-state index in [0.717, 1.165) is 6.42 Å². The van der Waals surface area contributed by atoms with E-state index < -0.39 is 0 Å².